The van der Waals surface area contributed by atoms with E-state index in [1.807, 2.05) is 30.4 Å². The molecule has 4 amide bonds. The largest absolute Gasteiger partial charge is 0.484 e. The molecule has 3 aliphatic carbocycles. The Hall–Kier alpha value is -5.51. The molecule has 2 aliphatic heterocycles. The highest BCUT2D eigenvalue weighted by Crippen LogP contribution is 2.46. The average Bonchev–Trinajstić information content (AvgIpc) is 4.04. The molecule has 14 nitrogen and oxygen atoms in total. The molecule has 2 aromatic heterocycles. The highest BCUT2D eigenvalue weighted by molar-refractivity contribution is 7.91. The lowest BCUT2D eigenvalue weighted by Gasteiger charge is -2.30. The van der Waals surface area contributed by atoms with Gasteiger partial charge in [0.15, 0.2) is 11.3 Å². The molecule has 316 valence electrons. The molecule has 4 aromatic rings. The number of hydrogen-bond acceptors (Lipinski definition) is 10. The van der Waals surface area contributed by atoms with Crippen molar-refractivity contribution in [2.24, 2.45) is 5.92 Å². The van der Waals surface area contributed by atoms with E-state index in [0.29, 0.717) is 65.8 Å². The first kappa shape index (κ1) is 39.9. The lowest BCUT2D eigenvalue weighted by molar-refractivity contribution is -0.141. The molecule has 0 bridgehead atoms. The molecule has 2 aromatic carbocycles. The smallest absolute Gasteiger partial charge is 0.408 e. The summed E-state index contributed by atoms with van der Waals surface area (Å²) in [4.78, 5) is 62.7. The fraction of sp³-hybridized carbons (Fsp3) is 0.477. The Morgan fingerprint density at radius 1 is 0.950 bits per heavy atom. The molecule has 3 N–H and O–H groups in total. The van der Waals surface area contributed by atoms with Crippen molar-refractivity contribution in [3.8, 4) is 17.0 Å². The number of amides is 4. The third-order valence-corrected chi connectivity index (χ3v) is 14.3. The van der Waals surface area contributed by atoms with Gasteiger partial charge in [-0.3, -0.25) is 19.1 Å². The summed E-state index contributed by atoms with van der Waals surface area (Å²) in [6.45, 7) is -0.0682. The summed E-state index contributed by atoms with van der Waals surface area (Å²) in [5, 5.41) is 5.79. The van der Waals surface area contributed by atoms with E-state index in [4.69, 9.17) is 18.9 Å². The van der Waals surface area contributed by atoms with E-state index in [-0.39, 0.29) is 25.5 Å². The van der Waals surface area contributed by atoms with Gasteiger partial charge in [-0.15, -0.1) is 0 Å². The Morgan fingerprint density at radius 2 is 1.72 bits per heavy atom. The number of hydrogen-bond donors (Lipinski definition) is 3. The minimum absolute atomic E-state index is 0.00861. The van der Waals surface area contributed by atoms with Gasteiger partial charge in [0, 0.05) is 29.4 Å². The molecule has 0 radical (unpaired) electrons. The summed E-state index contributed by atoms with van der Waals surface area (Å²) in [5.74, 6) is -2.53. The molecule has 5 atom stereocenters. The monoisotopic (exact) mass is 841 g/mol. The van der Waals surface area contributed by atoms with Gasteiger partial charge in [0.25, 0.3) is 5.91 Å². The van der Waals surface area contributed by atoms with Crippen molar-refractivity contribution in [1.29, 1.82) is 0 Å². The number of aromatic nitrogens is 1. The first-order valence-corrected chi connectivity index (χ1v) is 22.6. The van der Waals surface area contributed by atoms with Crippen LogP contribution in [0.25, 0.3) is 33.3 Å². The summed E-state index contributed by atoms with van der Waals surface area (Å²) in [6, 6.07) is 12.8. The number of furan rings is 1. The third kappa shape index (κ3) is 8.17. The normalized spacial score (nSPS) is 26.4. The molecule has 4 heterocycles. The molecule has 0 spiro atoms. The Labute approximate surface area is 346 Å². The van der Waals surface area contributed by atoms with Crippen LogP contribution in [0.4, 0.5) is 9.18 Å². The van der Waals surface area contributed by atoms with Crippen LogP contribution >= 0.6 is 0 Å². The van der Waals surface area contributed by atoms with E-state index in [9.17, 15) is 32.0 Å². The highest BCUT2D eigenvalue weighted by atomic mass is 32.2. The topological polar surface area (TPSA) is 186 Å². The van der Waals surface area contributed by atoms with Gasteiger partial charge in [-0.05, 0) is 101 Å². The number of alkyl carbamates (subject to hydrolysis) is 1. The lowest BCUT2D eigenvalue weighted by Crippen LogP contribution is -2.58. The summed E-state index contributed by atoms with van der Waals surface area (Å²) in [5.41, 5.74) is 0.987. The van der Waals surface area contributed by atoms with Crippen LogP contribution in [0, 0.1) is 11.7 Å². The van der Waals surface area contributed by atoms with E-state index in [1.165, 1.54) is 17.0 Å². The minimum Gasteiger partial charge on any atom is -0.484 e. The number of fused-ring (bicyclic) bond motifs is 5. The SMILES string of the molecule is O=C(N[C@H]1CCCCCC=C[C@@H]2C[C@@]2(C(=O)NS(=O)(=O)C2CC2)NC(=O)[C@@H]2C[C@@H](Oc3cc(-c4ccc(F)cc4)nc4c3oc3ccccc34)CN2C1=O)OC1CCCC1. The molecule has 5 aliphatic rings. The van der Waals surface area contributed by atoms with Gasteiger partial charge >= 0.3 is 6.09 Å². The lowest BCUT2D eigenvalue weighted by atomic mass is 10.0. The van der Waals surface area contributed by atoms with Gasteiger partial charge < -0.3 is 29.4 Å². The van der Waals surface area contributed by atoms with Crippen LogP contribution in [0.2, 0.25) is 0 Å². The molecule has 4 fully saturated rings. The summed E-state index contributed by atoms with van der Waals surface area (Å²) < 4.78 is 60.7. The van der Waals surface area contributed by atoms with Crippen molar-refractivity contribution < 1.29 is 45.9 Å². The predicted molar refractivity (Wildman–Crippen MR) is 218 cm³/mol. The third-order valence-electron chi connectivity index (χ3n) is 12.4. The average molecular weight is 842 g/mol. The Kier molecular flexibility index (Phi) is 10.8. The number of carbonyl (C=O) groups is 4. The second kappa shape index (κ2) is 16.2. The Morgan fingerprint density at radius 3 is 2.50 bits per heavy atom. The number of allylic oxidation sites excluding steroid dienone is 1. The van der Waals surface area contributed by atoms with Gasteiger partial charge in [0.1, 0.15) is 46.7 Å². The second-order valence-corrected chi connectivity index (χ2v) is 18.8. The van der Waals surface area contributed by atoms with Crippen LogP contribution in [0.15, 0.2) is 71.2 Å². The van der Waals surface area contributed by atoms with Gasteiger partial charge in [-0.1, -0.05) is 37.1 Å². The number of rotatable bonds is 8. The number of sulfonamides is 1. The van der Waals surface area contributed by atoms with E-state index >= 15 is 0 Å². The second-order valence-electron chi connectivity index (χ2n) is 16.8. The van der Waals surface area contributed by atoms with Crippen molar-refractivity contribution in [2.75, 3.05) is 6.54 Å². The number of nitrogens with zero attached hydrogens (tertiary/aromatic N) is 2. The Bertz CT molecular complexity index is 2460. The molecule has 9 rings (SSSR count). The van der Waals surface area contributed by atoms with Crippen LogP contribution in [-0.2, 0) is 29.1 Å². The van der Waals surface area contributed by atoms with Crippen molar-refractivity contribution in [2.45, 2.75) is 119 Å². The number of nitrogens with one attached hydrogen (secondary N) is 3. The molecule has 3 saturated carbocycles. The van der Waals surface area contributed by atoms with E-state index in [2.05, 4.69) is 15.4 Å². The van der Waals surface area contributed by atoms with Gasteiger partial charge in [0.2, 0.25) is 21.8 Å². The van der Waals surface area contributed by atoms with E-state index < -0.39 is 74.5 Å². The fourth-order valence-electron chi connectivity index (χ4n) is 8.87. The van der Waals surface area contributed by atoms with Gasteiger partial charge in [-0.25, -0.2) is 22.6 Å². The van der Waals surface area contributed by atoms with E-state index in [1.54, 1.807) is 24.3 Å². The minimum atomic E-state index is -3.93. The number of benzene rings is 2. The maximum atomic E-state index is 14.7. The van der Waals surface area contributed by atoms with Crippen LogP contribution in [-0.4, -0.2) is 83.7 Å². The number of pyridine rings is 1. The maximum Gasteiger partial charge on any atom is 0.408 e. The standard InChI is InChI=1S/C44H48FN5O9S/c45-28-18-16-26(17-19-28)34-23-37(39-38(46-34)32-13-8-9-15-36(32)59-39)57-30-22-35-40(51)48-44(42(53)49-60(55,56)31-20-21-31)24-27(44)10-4-2-1-3-5-14-33(41(52)50(35)25-30)47-43(54)58-29-11-6-7-12-29/h4,8-10,13,15-19,23,27,29-31,33,35H,1-3,5-7,11-12,14,20-22,24-25H2,(H,47,54)(H,48,51)(H,49,53)/t27-,30-,33+,35+,44-/m1/s1. The summed E-state index contributed by atoms with van der Waals surface area (Å²) in [6.07, 6.45) is 9.72. The Balaban J connectivity index is 1.05. The zero-order valence-corrected chi connectivity index (χ0v) is 33.9. The molecule has 0 unspecified atom stereocenters. The zero-order chi connectivity index (χ0) is 41.6. The number of carbonyl (C=O) groups excluding carboxylic acids is 4. The summed E-state index contributed by atoms with van der Waals surface area (Å²) >= 11 is 0. The first-order valence-electron chi connectivity index (χ1n) is 21.0. The maximum absolute atomic E-state index is 14.7. The quantitative estimate of drug-likeness (QED) is 0.173. The predicted octanol–water partition coefficient (Wildman–Crippen LogP) is 6.18. The van der Waals surface area contributed by atoms with Crippen molar-refractivity contribution >= 4 is 55.9 Å². The van der Waals surface area contributed by atoms with Crippen molar-refractivity contribution in [1.82, 2.24) is 25.2 Å². The van der Waals surface area contributed by atoms with E-state index in [0.717, 1.165) is 43.9 Å². The van der Waals surface area contributed by atoms with Crippen molar-refractivity contribution in [3.63, 3.8) is 0 Å². The van der Waals surface area contributed by atoms with Crippen LogP contribution < -0.4 is 20.1 Å². The zero-order valence-electron chi connectivity index (χ0n) is 33.1. The molecule has 60 heavy (non-hydrogen) atoms. The summed E-state index contributed by atoms with van der Waals surface area (Å²) in [7, 11) is -3.93. The number of halogens is 1. The van der Waals surface area contributed by atoms with Crippen molar-refractivity contribution in [3.05, 3.63) is 72.6 Å². The van der Waals surface area contributed by atoms with Gasteiger partial charge in [0.05, 0.1) is 17.5 Å². The van der Waals surface area contributed by atoms with Crippen LogP contribution in [0.5, 0.6) is 5.75 Å². The molecular formula is C44H48FN5O9S. The molecule has 1 saturated heterocycles. The van der Waals surface area contributed by atoms with Crippen LogP contribution in [0.3, 0.4) is 0 Å². The number of ether oxygens (including phenoxy) is 2. The highest BCUT2D eigenvalue weighted by Gasteiger charge is 2.62. The molecular weight excluding hydrogens is 794 g/mol. The first-order chi connectivity index (χ1) is 29.0. The van der Waals surface area contributed by atoms with Crippen LogP contribution in [0.1, 0.15) is 83.5 Å². The van der Waals surface area contributed by atoms with Gasteiger partial charge in [-0.2, -0.15) is 0 Å². The fourth-order valence-corrected chi connectivity index (χ4v) is 10.2. The molecule has 16 heteroatoms. The number of para-hydroxylation sites is 1.